The van der Waals surface area contributed by atoms with Crippen molar-refractivity contribution in [2.24, 2.45) is 0 Å². The van der Waals surface area contributed by atoms with Gasteiger partial charge in [0.25, 0.3) is 0 Å². The average Bonchev–Trinajstić information content (AvgIpc) is 2.82. The third-order valence-electron chi connectivity index (χ3n) is 3.16. The van der Waals surface area contributed by atoms with Crippen molar-refractivity contribution >= 4 is 11.5 Å². The van der Waals surface area contributed by atoms with E-state index in [0.717, 1.165) is 22.5 Å². The van der Waals surface area contributed by atoms with Crippen LogP contribution in [0.2, 0.25) is 0 Å². The van der Waals surface area contributed by atoms with Crippen LogP contribution in [0.3, 0.4) is 0 Å². The van der Waals surface area contributed by atoms with Crippen molar-refractivity contribution in [2.45, 2.75) is 6.92 Å². The first-order valence-electron chi connectivity index (χ1n) is 5.93. The number of aromatic nitrogens is 2. The summed E-state index contributed by atoms with van der Waals surface area (Å²) in [6, 6.07) is 11.3. The number of pyridine rings is 1. The van der Waals surface area contributed by atoms with Gasteiger partial charge in [-0.3, -0.25) is 4.40 Å². The molecule has 0 saturated heterocycles. The number of carboxylic acids is 1. The predicted octanol–water partition coefficient (Wildman–Crippen LogP) is 3.01. The molecule has 0 aliphatic carbocycles. The average molecular weight is 252 g/mol. The molecule has 0 atom stereocenters. The van der Waals surface area contributed by atoms with Gasteiger partial charge in [0, 0.05) is 11.8 Å². The second kappa shape index (κ2) is 4.24. The zero-order valence-corrected chi connectivity index (χ0v) is 10.4. The standard InChI is InChI=1S/C15H12N2O2/c1-10-4-2-3-5-13(10)14-16-8-12-7-6-11(15(18)19)9-17(12)14/h2-9H,1H3,(H,18,19). The third-order valence-corrected chi connectivity index (χ3v) is 3.16. The van der Waals surface area contributed by atoms with Crippen molar-refractivity contribution < 1.29 is 9.90 Å². The van der Waals surface area contributed by atoms with E-state index in [1.165, 1.54) is 0 Å². The van der Waals surface area contributed by atoms with Crippen molar-refractivity contribution in [2.75, 3.05) is 0 Å². The number of hydrogen-bond donors (Lipinski definition) is 1. The molecule has 4 heteroatoms. The molecule has 0 radical (unpaired) electrons. The van der Waals surface area contributed by atoms with Gasteiger partial charge in [0.05, 0.1) is 17.3 Å². The fraction of sp³-hybridized carbons (Fsp3) is 0.0667. The number of hydrogen-bond acceptors (Lipinski definition) is 2. The first kappa shape index (κ1) is 11.5. The quantitative estimate of drug-likeness (QED) is 0.762. The highest BCUT2D eigenvalue weighted by molar-refractivity contribution is 5.88. The minimum absolute atomic E-state index is 0.250. The summed E-state index contributed by atoms with van der Waals surface area (Å²) in [4.78, 5) is 15.4. The minimum Gasteiger partial charge on any atom is -0.478 e. The lowest BCUT2D eigenvalue weighted by molar-refractivity contribution is 0.0696. The molecule has 0 fully saturated rings. The van der Waals surface area contributed by atoms with Gasteiger partial charge in [0.1, 0.15) is 5.82 Å². The van der Waals surface area contributed by atoms with Gasteiger partial charge in [-0.25, -0.2) is 9.78 Å². The summed E-state index contributed by atoms with van der Waals surface area (Å²) in [5.74, 6) is -0.178. The Hall–Kier alpha value is -2.62. The molecule has 0 bridgehead atoms. The maximum atomic E-state index is 11.0. The molecular weight excluding hydrogens is 240 g/mol. The van der Waals surface area contributed by atoms with Gasteiger partial charge >= 0.3 is 5.97 Å². The second-order valence-corrected chi connectivity index (χ2v) is 4.41. The molecular formula is C15H12N2O2. The lowest BCUT2D eigenvalue weighted by Gasteiger charge is -2.05. The summed E-state index contributed by atoms with van der Waals surface area (Å²) >= 11 is 0. The summed E-state index contributed by atoms with van der Waals surface area (Å²) in [5, 5.41) is 9.06. The Morgan fingerprint density at radius 2 is 2.00 bits per heavy atom. The van der Waals surface area contributed by atoms with Crippen LogP contribution in [0.5, 0.6) is 0 Å². The molecule has 1 N–H and O–H groups in total. The maximum Gasteiger partial charge on any atom is 0.337 e. The molecule has 2 aromatic heterocycles. The molecule has 2 heterocycles. The highest BCUT2D eigenvalue weighted by Crippen LogP contribution is 2.23. The SMILES string of the molecule is Cc1ccccc1-c1ncc2ccc(C(=O)O)cn12. The van der Waals surface area contributed by atoms with E-state index >= 15 is 0 Å². The van der Waals surface area contributed by atoms with Gasteiger partial charge in [-0.15, -0.1) is 0 Å². The number of carboxylic acid groups (broad SMARTS) is 1. The first-order valence-corrected chi connectivity index (χ1v) is 5.93. The number of benzene rings is 1. The molecule has 0 aliphatic heterocycles. The number of nitrogens with zero attached hydrogens (tertiary/aromatic N) is 2. The molecule has 94 valence electrons. The summed E-state index contributed by atoms with van der Waals surface area (Å²) in [7, 11) is 0. The number of aryl methyl sites for hydroxylation is 1. The maximum absolute atomic E-state index is 11.0. The van der Waals surface area contributed by atoms with Crippen LogP contribution in [0.1, 0.15) is 15.9 Å². The Morgan fingerprint density at radius 3 is 2.74 bits per heavy atom. The molecule has 0 unspecified atom stereocenters. The van der Waals surface area contributed by atoms with Gasteiger partial charge in [-0.05, 0) is 24.6 Å². The van der Waals surface area contributed by atoms with Gasteiger partial charge in [-0.1, -0.05) is 24.3 Å². The Balaban J connectivity index is 2.27. The highest BCUT2D eigenvalue weighted by atomic mass is 16.4. The Morgan fingerprint density at radius 1 is 1.21 bits per heavy atom. The van der Waals surface area contributed by atoms with Crippen LogP contribution in [0.4, 0.5) is 0 Å². The molecule has 0 amide bonds. The minimum atomic E-state index is -0.939. The monoisotopic (exact) mass is 252 g/mol. The molecule has 0 aliphatic rings. The van der Waals surface area contributed by atoms with Gasteiger partial charge in [0.15, 0.2) is 0 Å². The fourth-order valence-corrected chi connectivity index (χ4v) is 2.14. The number of rotatable bonds is 2. The Bertz CT molecular complexity index is 775. The normalized spacial score (nSPS) is 10.8. The predicted molar refractivity (Wildman–Crippen MR) is 72.3 cm³/mol. The second-order valence-electron chi connectivity index (χ2n) is 4.41. The molecule has 3 aromatic rings. The lowest BCUT2D eigenvalue weighted by Crippen LogP contribution is -1.99. The summed E-state index contributed by atoms with van der Waals surface area (Å²) < 4.78 is 1.81. The molecule has 4 nitrogen and oxygen atoms in total. The summed E-state index contributed by atoms with van der Waals surface area (Å²) in [5.41, 5.74) is 3.24. The number of imidazole rings is 1. The van der Waals surface area contributed by atoms with E-state index in [1.54, 1.807) is 24.5 Å². The zero-order chi connectivity index (χ0) is 13.4. The smallest absolute Gasteiger partial charge is 0.337 e. The van der Waals surface area contributed by atoms with E-state index in [2.05, 4.69) is 4.98 Å². The molecule has 19 heavy (non-hydrogen) atoms. The van der Waals surface area contributed by atoms with Crippen molar-refractivity contribution in [1.29, 1.82) is 0 Å². The lowest BCUT2D eigenvalue weighted by atomic mass is 10.1. The molecule has 3 rings (SSSR count). The van der Waals surface area contributed by atoms with Crippen LogP contribution in [-0.2, 0) is 0 Å². The van der Waals surface area contributed by atoms with Gasteiger partial charge in [0.2, 0.25) is 0 Å². The Labute approximate surface area is 110 Å². The first-order chi connectivity index (χ1) is 9.16. The van der Waals surface area contributed by atoms with Crippen LogP contribution in [0.25, 0.3) is 16.9 Å². The topological polar surface area (TPSA) is 54.6 Å². The summed E-state index contributed by atoms with van der Waals surface area (Å²) in [6.45, 7) is 2.01. The Kier molecular flexibility index (Phi) is 2.56. The van der Waals surface area contributed by atoms with E-state index in [0.29, 0.717) is 0 Å². The van der Waals surface area contributed by atoms with Crippen molar-refractivity contribution in [3.05, 3.63) is 59.9 Å². The van der Waals surface area contributed by atoms with E-state index in [-0.39, 0.29) is 5.56 Å². The number of carbonyl (C=O) groups is 1. The van der Waals surface area contributed by atoms with Crippen molar-refractivity contribution in [3.63, 3.8) is 0 Å². The van der Waals surface area contributed by atoms with E-state index in [1.807, 2.05) is 35.6 Å². The van der Waals surface area contributed by atoms with Gasteiger partial charge in [-0.2, -0.15) is 0 Å². The van der Waals surface area contributed by atoms with E-state index in [9.17, 15) is 4.79 Å². The van der Waals surface area contributed by atoms with Crippen LogP contribution < -0.4 is 0 Å². The largest absolute Gasteiger partial charge is 0.478 e. The third kappa shape index (κ3) is 1.87. The number of fused-ring (bicyclic) bond motifs is 1. The highest BCUT2D eigenvalue weighted by Gasteiger charge is 2.10. The number of aromatic carboxylic acids is 1. The molecule has 0 spiro atoms. The van der Waals surface area contributed by atoms with Crippen LogP contribution in [0.15, 0.2) is 48.8 Å². The van der Waals surface area contributed by atoms with Crippen LogP contribution >= 0.6 is 0 Å². The molecule has 1 aromatic carbocycles. The van der Waals surface area contributed by atoms with Crippen molar-refractivity contribution in [3.8, 4) is 11.4 Å². The van der Waals surface area contributed by atoms with E-state index in [4.69, 9.17) is 5.11 Å². The molecule has 0 saturated carbocycles. The van der Waals surface area contributed by atoms with Gasteiger partial charge < -0.3 is 5.11 Å². The summed E-state index contributed by atoms with van der Waals surface area (Å²) in [6.07, 6.45) is 3.35. The van der Waals surface area contributed by atoms with E-state index < -0.39 is 5.97 Å². The van der Waals surface area contributed by atoms with Crippen LogP contribution in [0, 0.1) is 6.92 Å². The zero-order valence-electron chi connectivity index (χ0n) is 10.4. The fourth-order valence-electron chi connectivity index (χ4n) is 2.14. The van der Waals surface area contributed by atoms with Crippen molar-refractivity contribution in [1.82, 2.24) is 9.38 Å². The van der Waals surface area contributed by atoms with Crippen LogP contribution in [-0.4, -0.2) is 20.5 Å².